The molecule has 3 rings (SSSR count). The molecular weight excluding hydrogens is 377 g/mol. The van der Waals surface area contributed by atoms with Gasteiger partial charge in [-0.15, -0.1) is 0 Å². The molecule has 1 amide bonds. The van der Waals surface area contributed by atoms with E-state index in [4.69, 9.17) is 5.26 Å². The molecule has 0 unspecified atom stereocenters. The minimum Gasteiger partial charge on any atom is -0.324 e. The molecule has 0 radical (unpaired) electrons. The number of carbonyl (C=O) groups is 1. The van der Waals surface area contributed by atoms with E-state index >= 15 is 0 Å². The van der Waals surface area contributed by atoms with Gasteiger partial charge < -0.3 is 5.32 Å². The minimum absolute atomic E-state index is 0.0807. The number of hydrogen-bond donors (Lipinski definition) is 1. The van der Waals surface area contributed by atoms with Crippen LogP contribution in [0.1, 0.15) is 16.7 Å². The Kier molecular flexibility index (Phi) is 3.71. The van der Waals surface area contributed by atoms with Crippen LogP contribution in [-0.2, 0) is 4.79 Å². The zero-order valence-corrected chi connectivity index (χ0v) is 13.1. The average molecular weight is 387 g/mol. The second kappa shape index (κ2) is 5.66. The molecule has 0 aliphatic carbocycles. The van der Waals surface area contributed by atoms with Crippen molar-refractivity contribution in [3.8, 4) is 6.07 Å². The predicted molar refractivity (Wildman–Crippen MR) is 89.5 cm³/mol. The van der Waals surface area contributed by atoms with Crippen LogP contribution in [0.15, 0.2) is 47.5 Å². The van der Waals surface area contributed by atoms with Gasteiger partial charge in [-0.1, -0.05) is 12.1 Å². The lowest BCUT2D eigenvalue weighted by atomic mass is 9.99. The Morgan fingerprint density at radius 2 is 2.10 bits per heavy atom. The number of carbonyl (C=O) groups excluding carboxylic acids is 1. The van der Waals surface area contributed by atoms with E-state index in [1.165, 1.54) is 0 Å². The van der Waals surface area contributed by atoms with Gasteiger partial charge in [-0.3, -0.25) is 9.79 Å². The summed E-state index contributed by atoms with van der Waals surface area (Å²) in [6.07, 6.45) is 0. The molecule has 2 aromatic carbocycles. The standard InChI is InChI=1S/C16H10IN3O/c17-12-4-5-14-13(7-12)16(19-9-15(21)20-14)11-3-1-2-10(6-11)8-18/h1-7H,9H2,(H,20,21). The summed E-state index contributed by atoms with van der Waals surface area (Å²) >= 11 is 2.23. The van der Waals surface area contributed by atoms with E-state index < -0.39 is 0 Å². The van der Waals surface area contributed by atoms with E-state index in [1.54, 1.807) is 12.1 Å². The molecule has 1 heterocycles. The monoisotopic (exact) mass is 387 g/mol. The molecule has 0 atom stereocenters. The molecule has 4 nitrogen and oxygen atoms in total. The quantitative estimate of drug-likeness (QED) is 0.765. The number of rotatable bonds is 1. The van der Waals surface area contributed by atoms with Crippen LogP contribution in [0.4, 0.5) is 5.69 Å². The van der Waals surface area contributed by atoms with Crippen molar-refractivity contribution in [1.29, 1.82) is 5.26 Å². The number of aliphatic imine (C=N–C) groups is 1. The number of nitrogens with zero attached hydrogens (tertiary/aromatic N) is 2. The van der Waals surface area contributed by atoms with E-state index in [2.05, 4.69) is 39.0 Å². The van der Waals surface area contributed by atoms with Gasteiger partial charge in [0.2, 0.25) is 5.91 Å². The lowest BCUT2D eigenvalue weighted by Crippen LogP contribution is -2.13. The van der Waals surface area contributed by atoms with E-state index in [0.717, 1.165) is 26.1 Å². The van der Waals surface area contributed by atoms with Crippen LogP contribution in [0.3, 0.4) is 0 Å². The summed E-state index contributed by atoms with van der Waals surface area (Å²) in [7, 11) is 0. The Hall–Kier alpha value is -2.20. The van der Waals surface area contributed by atoms with E-state index in [-0.39, 0.29) is 12.5 Å². The van der Waals surface area contributed by atoms with Crippen LogP contribution in [0.25, 0.3) is 0 Å². The van der Waals surface area contributed by atoms with Crippen molar-refractivity contribution in [2.75, 3.05) is 11.9 Å². The van der Waals surface area contributed by atoms with Gasteiger partial charge in [0.25, 0.3) is 0 Å². The molecule has 2 aromatic rings. The fourth-order valence-corrected chi connectivity index (χ4v) is 2.72. The van der Waals surface area contributed by atoms with Crippen molar-refractivity contribution in [2.45, 2.75) is 0 Å². The topological polar surface area (TPSA) is 65.2 Å². The third-order valence-electron chi connectivity index (χ3n) is 3.16. The number of amides is 1. The van der Waals surface area contributed by atoms with E-state index in [9.17, 15) is 4.79 Å². The highest BCUT2D eigenvalue weighted by atomic mass is 127. The number of nitrogens with one attached hydrogen (secondary N) is 1. The van der Waals surface area contributed by atoms with Crippen LogP contribution >= 0.6 is 22.6 Å². The van der Waals surface area contributed by atoms with Crippen LogP contribution in [0, 0.1) is 14.9 Å². The number of nitriles is 1. The summed E-state index contributed by atoms with van der Waals surface area (Å²) in [5.41, 5.74) is 3.78. The largest absolute Gasteiger partial charge is 0.324 e. The maximum atomic E-state index is 11.8. The van der Waals surface area contributed by atoms with Gasteiger partial charge in [-0.05, 0) is 52.9 Å². The molecule has 102 valence electrons. The molecule has 1 N–H and O–H groups in total. The highest BCUT2D eigenvalue weighted by molar-refractivity contribution is 14.1. The third kappa shape index (κ3) is 2.81. The Morgan fingerprint density at radius 1 is 1.24 bits per heavy atom. The normalized spacial score (nSPS) is 13.5. The number of fused-ring (bicyclic) bond motifs is 1. The summed E-state index contributed by atoms with van der Waals surface area (Å²) < 4.78 is 1.06. The molecule has 0 saturated carbocycles. The Labute approximate surface area is 135 Å². The minimum atomic E-state index is -0.135. The van der Waals surface area contributed by atoms with Crippen LogP contribution in [0.5, 0.6) is 0 Å². The smallest absolute Gasteiger partial charge is 0.246 e. The van der Waals surface area contributed by atoms with Gasteiger partial charge in [-0.25, -0.2) is 0 Å². The van der Waals surface area contributed by atoms with Crippen molar-refractivity contribution < 1.29 is 4.79 Å². The van der Waals surface area contributed by atoms with Gasteiger partial charge in [0.05, 0.1) is 23.0 Å². The molecule has 0 aromatic heterocycles. The number of benzodiazepines with no additional fused rings is 1. The summed E-state index contributed by atoms with van der Waals surface area (Å²) in [4.78, 5) is 16.2. The van der Waals surface area contributed by atoms with Crippen LogP contribution < -0.4 is 5.32 Å². The maximum absolute atomic E-state index is 11.8. The Balaban J connectivity index is 2.20. The first-order valence-electron chi connectivity index (χ1n) is 6.32. The van der Waals surface area contributed by atoms with Crippen LogP contribution in [-0.4, -0.2) is 18.2 Å². The fraction of sp³-hybridized carbons (Fsp3) is 0.0625. The van der Waals surface area contributed by atoms with Gasteiger partial charge in [-0.2, -0.15) is 5.26 Å². The summed E-state index contributed by atoms with van der Waals surface area (Å²) in [6, 6.07) is 15.2. The number of anilines is 1. The predicted octanol–water partition coefficient (Wildman–Crippen LogP) is 2.95. The van der Waals surface area contributed by atoms with Crippen molar-refractivity contribution in [2.24, 2.45) is 4.99 Å². The van der Waals surface area contributed by atoms with E-state index in [1.807, 2.05) is 30.3 Å². The van der Waals surface area contributed by atoms with Gasteiger partial charge in [0, 0.05) is 14.7 Å². The first-order chi connectivity index (χ1) is 10.2. The first-order valence-corrected chi connectivity index (χ1v) is 7.40. The molecule has 0 saturated heterocycles. The summed E-state index contributed by atoms with van der Waals surface area (Å²) in [5.74, 6) is -0.135. The van der Waals surface area contributed by atoms with Gasteiger partial charge in [0.15, 0.2) is 0 Å². The summed E-state index contributed by atoms with van der Waals surface area (Å²) in [6.45, 7) is 0.0807. The van der Waals surface area contributed by atoms with Crippen molar-refractivity contribution >= 4 is 39.9 Å². The zero-order chi connectivity index (χ0) is 14.8. The highest BCUT2D eigenvalue weighted by Gasteiger charge is 2.18. The Bertz CT molecular complexity index is 805. The molecule has 1 aliphatic heterocycles. The van der Waals surface area contributed by atoms with Gasteiger partial charge >= 0.3 is 0 Å². The first kappa shape index (κ1) is 13.8. The number of benzene rings is 2. The van der Waals surface area contributed by atoms with E-state index in [0.29, 0.717) is 5.56 Å². The SMILES string of the molecule is N#Cc1cccc(C2=NCC(=O)Nc3ccc(I)cc32)c1. The van der Waals surface area contributed by atoms with Crippen LogP contribution in [0.2, 0.25) is 0 Å². The lowest BCUT2D eigenvalue weighted by Gasteiger charge is -2.10. The zero-order valence-electron chi connectivity index (χ0n) is 10.9. The van der Waals surface area contributed by atoms with Gasteiger partial charge in [0.1, 0.15) is 6.54 Å². The molecular formula is C16H10IN3O. The third-order valence-corrected chi connectivity index (χ3v) is 3.83. The second-order valence-electron chi connectivity index (χ2n) is 4.60. The number of halogens is 1. The fourth-order valence-electron chi connectivity index (χ4n) is 2.23. The Morgan fingerprint density at radius 3 is 2.90 bits per heavy atom. The van der Waals surface area contributed by atoms with Crippen molar-refractivity contribution in [3.05, 3.63) is 62.7 Å². The van der Waals surface area contributed by atoms with Crippen molar-refractivity contribution in [3.63, 3.8) is 0 Å². The average Bonchev–Trinajstić information content (AvgIpc) is 2.65. The highest BCUT2D eigenvalue weighted by Crippen LogP contribution is 2.25. The molecule has 21 heavy (non-hydrogen) atoms. The maximum Gasteiger partial charge on any atom is 0.246 e. The molecule has 0 spiro atoms. The molecule has 0 bridgehead atoms. The summed E-state index contributed by atoms with van der Waals surface area (Å²) in [5, 5.41) is 11.9. The molecule has 1 aliphatic rings. The number of hydrogen-bond acceptors (Lipinski definition) is 3. The second-order valence-corrected chi connectivity index (χ2v) is 5.84. The molecule has 0 fully saturated rings. The van der Waals surface area contributed by atoms with Crippen molar-refractivity contribution in [1.82, 2.24) is 0 Å². The molecule has 5 heteroatoms. The lowest BCUT2D eigenvalue weighted by molar-refractivity contribution is -0.114.